The highest BCUT2D eigenvalue weighted by molar-refractivity contribution is 7.99. The second kappa shape index (κ2) is 8.92. The van der Waals surface area contributed by atoms with Gasteiger partial charge in [-0.3, -0.25) is 4.79 Å². The average Bonchev–Trinajstić information content (AvgIpc) is 3.14. The summed E-state index contributed by atoms with van der Waals surface area (Å²) < 4.78 is 7.17. The van der Waals surface area contributed by atoms with Gasteiger partial charge in [0.15, 0.2) is 16.7 Å². The fraction of sp³-hybridized carbons (Fsp3) is 0.588. The molecular weight excluding hydrogens is 324 g/mol. The van der Waals surface area contributed by atoms with E-state index in [-0.39, 0.29) is 11.9 Å². The number of carbonyl (C=O) groups is 1. The van der Waals surface area contributed by atoms with Crippen LogP contribution in [-0.4, -0.2) is 32.5 Å². The molecule has 0 saturated carbocycles. The summed E-state index contributed by atoms with van der Waals surface area (Å²) in [6.07, 6.45) is 4.96. The number of rotatable bonds is 9. The number of carbonyl (C=O) groups excluding carboxylic acids is 1. The van der Waals surface area contributed by atoms with E-state index >= 15 is 0 Å². The van der Waals surface area contributed by atoms with Gasteiger partial charge in [-0.15, -0.1) is 10.2 Å². The lowest BCUT2D eigenvalue weighted by atomic mass is 10.0. The molecule has 132 valence electrons. The van der Waals surface area contributed by atoms with Crippen molar-refractivity contribution in [3.63, 3.8) is 0 Å². The number of hydrogen-bond donors (Lipinski definition) is 1. The Morgan fingerprint density at radius 2 is 2.12 bits per heavy atom. The summed E-state index contributed by atoms with van der Waals surface area (Å²) in [6, 6.07) is 3.85. The first-order chi connectivity index (χ1) is 11.5. The zero-order valence-electron chi connectivity index (χ0n) is 14.8. The van der Waals surface area contributed by atoms with Gasteiger partial charge in [-0.2, -0.15) is 0 Å². The molecule has 1 N–H and O–H groups in total. The van der Waals surface area contributed by atoms with Gasteiger partial charge in [-0.05, 0) is 31.4 Å². The molecule has 0 aromatic carbocycles. The fourth-order valence-electron chi connectivity index (χ4n) is 2.41. The Kier molecular flexibility index (Phi) is 6.90. The van der Waals surface area contributed by atoms with E-state index < -0.39 is 0 Å². The minimum Gasteiger partial charge on any atom is -0.461 e. The van der Waals surface area contributed by atoms with Gasteiger partial charge in [0.1, 0.15) is 0 Å². The quantitative estimate of drug-likeness (QED) is 0.701. The molecule has 0 aliphatic heterocycles. The van der Waals surface area contributed by atoms with Crippen molar-refractivity contribution in [2.24, 2.45) is 13.0 Å². The van der Waals surface area contributed by atoms with Crippen LogP contribution in [0.1, 0.15) is 40.0 Å². The highest BCUT2D eigenvalue weighted by Gasteiger charge is 2.15. The lowest BCUT2D eigenvalue weighted by Crippen LogP contribution is -2.33. The van der Waals surface area contributed by atoms with Crippen LogP contribution in [-0.2, 0) is 11.8 Å². The van der Waals surface area contributed by atoms with E-state index in [1.165, 1.54) is 18.2 Å². The molecule has 0 bridgehead atoms. The Labute approximate surface area is 147 Å². The maximum Gasteiger partial charge on any atom is 0.230 e. The van der Waals surface area contributed by atoms with Gasteiger partial charge >= 0.3 is 0 Å². The molecule has 0 aliphatic rings. The second-order valence-corrected chi connectivity index (χ2v) is 7.37. The van der Waals surface area contributed by atoms with Crippen molar-refractivity contribution in [3.05, 3.63) is 18.4 Å². The van der Waals surface area contributed by atoms with Crippen LogP contribution in [0.5, 0.6) is 0 Å². The smallest absolute Gasteiger partial charge is 0.230 e. The molecule has 2 rings (SSSR count). The molecule has 1 atom stereocenters. The van der Waals surface area contributed by atoms with Gasteiger partial charge < -0.3 is 14.3 Å². The van der Waals surface area contributed by atoms with Crippen LogP contribution >= 0.6 is 11.8 Å². The number of nitrogens with zero attached hydrogens (tertiary/aromatic N) is 3. The van der Waals surface area contributed by atoms with Gasteiger partial charge in [0.05, 0.1) is 12.0 Å². The topological polar surface area (TPSA) is 73.0 Å². The first kappa shape index (κ1) is 18.6. The van der Waals surface area contributed by atoms with Crippen molar-refractivity contribution in [3.8, 4) is 11.6 Å². The zero-order chi connectivity index (χ0) is 17.5. The van der Waals surface area contributed by atoms with Gasteiger partial charge in [0, 0.05) is 13.1 Å². The zero-order valence-corrected chi connectivity index (χ0v) is 15.6. The van der Waals surface area contributed by atoms with Crippen LogP contribution in [0.2, 0.25) is 0 Å². The van der Waals surface area contributed by atoms with Crippen molar-refractivity contribution in [1.82, 2.24) is 20.1 Å². The average molecular weight is 350 g/mol. The Bertz CT molecular complexity index is 637. The molecular formula is C17H26N4O2S. The van der Waals surface area contributed by atoms with Crippen LogP contribution in [0.15, 0.2) is 28.0 Å². The van der Waals surface area contributed by atoms with E-state index in [9.17, 15) is 4.79 Å². The van der Waals surface area contributed by atoms with Crippen LogP contribution in [0, 0.1) is 5.92 Å². The number of aromatic nitrogens is 3. The Hall–Kier alpha value is -1.76. The standard InChI is InChI=1S/C17H26N4O2S/c1-12(2)7-5-8-13(3)18-15(22)11-24-17-20-19-16(21(17)4)14-9-6-10-23-14/h6,9-10,12-13H,5,7-8,11H2,1-4H3,(H,18,22)/t13-/m1/s1. The summed E-state index contributed by atoms with van der Waals surface area (Å²) in [5.74, 6) is 2.39. The third kappa shape index (κ3) is 5.40. The summed E-state index contributed by atoms with van der Waals surface area (Å²) in [5.41, 5.74) is 0. The molecule has 0 spiro atoms. The fourth-order valence-corrected chi connectivity index (χ4v) is 3.13. The highest BCUT2D eigenvalue weighted by Crippen LogP contribution is 2.22. The van der Waals surface area contributed by atoms with Crippen LogP contribution in [0.4, 0.5) is 0 Å². The SMILES string of the molecule is CC(C)CCC[C@@H](C)NC(=O)CSc1nnc(-c2ccco2)n1C. The number of hydrogen-bond acceptors (Lipinski definition) is 5. The Morgan fingerprint density at radius 1 is 1.33 bits per heavy atom. The molecule has 0 unspecified atom stereocenters. The van der Waals surface area contributed by atoms with Crippen molar-refractivity contribution in [1.29, 1.82) is 0 Å². The summed E-state index contributed by atoms with van der Waals surface area (Å²) >= 11 is 1.38. The molecule has 0 saturated heterocycles. The minimum absolute atomic E-state index is 0.0274. The third-order valence-corrected chi connectivity index (χ3v) is 4.76. The lowest BCUT2D eigenvalue weighted by molar-refractivity contribution is -0.119. The normalized spacial score (nSPS) is 12.5. The van der Waals surface area contributed by atoms with Crippen molar-refractivity contribution >= 4 is 17.7 Å². The van der Waals surface area contributed by atoms with Crippen molar-refractivity contribution in [2.45, 2.75) is 51.2 Å². The predicted molar refractivity (Wildman–Crippen MR) is 95.7 cm³/mol. The molecule has 2 aromatic heterocycles. The van der Waals surface area contributed by atoms with Crippen molar-refractivity contribution < 1.29 is 9.21 Å². The molecule has 2 heterocycles. The molecule has 0 fully saturated rings. The van der Waals surface area contributed by atoms with Gasteiger partial charge in [0.25, 0.3) is 0 Å². The molecule has 6 nitrogen and oxygen atoms in total. The van der Waals surface area contributed by atoms with Crippen LogP contribution < -0.4 is 5.32 Å². The Morgan fingerprint density at radius 3 is 2.79 bits per heavy atom. The molecule has 0 aliphatic carbocycles. The molecule has 7 heteroatoms. The first-order valence-corrected chi connectivity index (χ1v) is 9.31. The van der Waals surface area contributed by atoms with Gasteiger partial charge in [-0.25, -0.2) is 0 Å². The number of nitrogens with one attached hydrogen (secondary N) is 1. The minimum atomic E-state index is 0.0274. The first-order valence-electron chi connectivity index (χ1n) is 8.32. The highest BCUT2D eigenvalue weighted by atomic mass is 32.2. The third-order valence-electron chi connectivity index (χ3n) is 3.73. The number of furan rings is 1. The largest absolute Gasteiger partial charge is 0.461 e. The van der Waals surface area contributed by atoms with Crippen molar-refractivity contribution in [2.75, 3.05) is 5.75 Å². The number of amides is 1. The van der Waals surface area contributed by atoms with Crippen LogP contribution in [0.3, 0.4) is 0 Å². The maximum absolute atomic E-state index is 12.1. The summed E-state index contributed by atoms with van der Waals surface area (Å²) in [4.78, 5) is 12.1. The predicted octanol–water partition coefficient (Wildman–Crippen LogP) is 3.50. The maximum atomic E-state index is 12.1. The van der Waals surface area contributed by atoms with E-state index in [0.717, 1.165) is 12.8 Å². The van der Waals surface area contributed by atoms with E-state index in [1.807, 2.05) is 23.7 Å². The van der Waals surface area contributed by atoms with E-state index in [0.29, 0.717) is 28.4 Å². The second-order valence-electron chi connectivity index (χ2n) is 6.42. The molecule has 24 heavy (non-hydrogen) atoms. The van der Waals surface area contributed by atoms with E-state index in [4.69, 9.17) is 4.42 Å². The summed E-state index contributed by atoms with van der Waals surface area (Å²) in [6.45, 7) is 6.50. The summed E-state index contributed by atoms with van der Waals surface area (Å²) in [5, 5.41) is 12.0. The van der Waals surface area contributed by atoms with Crippen LogP contribution in [0.25, 0.3) is 11.6 Å². The lowest BCUT2D eigenvalue weighted by Gasteiger charge is -2.14. The van der Waals surface area contributed by atoms with E-state index in [1.54, 1.807) is 6.26 Å². The Balaban J connectivity index is 1.78. The molecule has 2 aromatic rings. The van der Waals surface area contributed by atoms with Gasteiger partial charge in [-0.1, -0.05) is 38.5 Å². The molecule has 0 radical (unpaired) electrons. The number of thioether (sulfide) groups is 1. The van der Waals surface area contributed by atoms with E-state index in [2.05, 4.69) is 36.3 Å². The van der Waals surface area contributed by atoms with Gasteiger partial charge in [0.2, 0.25) is 5.91 Å². The monoisotopic (exact) mass is 350 g/mol. The molecule has 1 amide bonds. The summed E-state index contributed by atoms with van der Waals surface area (Å²) in [7, 11) is 1.87.